The van der Waals surface area contributed by atoms with Crippen LogP contribution in [0.25, 0.3) is 10.9 Å². The summed E-state index contributed by atoms with van der Waals surface area (Å²) in [7, 11) is 6.09. The molecule has 3 aliphatic rings. The smallest absolute Gasteiger partial charge is 0.310 e. The minimum absolute atomic E-state index is 0.0293. The van der Waals surface area contributed by atoms with E-state index >= 15 is 0 Å². The summed E-state index contributed by atoms with van der Waals surface area (Å²) >= 11 is 0. The number of esters is 1. The molecule has 1 saturated heterocycles. The number of amides is 1. The maximum atomic E-state index is 13.7. The molecular formula is C33H30N2O10. The highest BCUT2D eigenvalue weighted by Crippen LogP contribution is 2.55. The van der Waals surface area contributed by atoms with E-state index < -0.39 is 41.5 Å². The molecule has 12 heteroatoms. The molecule has 3 heterocycles. The summed E-state index contributed by atoms with van der Waals surface area (Å²) in [6.45, 7) is 0.0727. The fourth-order valence-electron chi connectivity index (χ4n) is 6.77. The van der Waals surface area contributed by atoms with Crippen LogP contribution in [0.1, 0.15) is 39.0 Å². The van der Waals surface area contributed by atoms with Crippen LogP contribution in [0.15, 0.2) is 48.7 Å². The Morgan fingerprint density at radius 2 is 1.58 bits per heavy atom. The summed E-state index contributed by atoms with van der Waals surface area (Å²) in [6, 6.07) is 11.7. The standard InChI is InChI=1S/C33H30N2O10/c1-39-16-5-6-22-17(9-16)20(12-34-22)30(36)32(37)35-29-19-11-24-23(44-14-45-24)10-18(19)27(28-21(29)13-43-33(28)38)15-7-25(40-2)31(42-4)26(8-15)41-3/h5-12,21,27-29,34H,13-14H2,1-4H3,(H,35,37)/t21-,27+,28-,29+/m1/s1. The minimum Gasteiger partial charge on any atom is -0.497 e. The Kier molecular flexibility index (Phi) is 6.91. The second-order valence-corrected chi connectivity index (χ2v) is 11.0. The number of Topliss-reactive ketones (excluding diaryl/α,β-unsaturated/α-hetero) is 1. The molecule has 0 spiro atoms. The second kappa shape index (κ2) is 11.0. The van der Waals surface area contributed by atoms with Crippen LogP contribution in [-0.2, 0) is 14.3 Å². The Morgan fingerprint density at radius 1 is 0.867 bits per heavy atom. The molecule has 3 aromatic carbocycles. The van der Waals surface area contributed by atoms with Gasteiger partial charge in [0.1, 0.15) is 5.75 Å². The summed E-state index contributed by atoms with van der Waals surface area (Å²) in [5, 5.41) is 3.50. The average molecular weight is 615 g/mol. The lowest BCUT2D eigenvalue weighted by molar-refractivity contribution is -0.141. The summed E-state index contributed by atoms with van der Waals surface area (Å²) < 4.78 is 39.1. The van der Waals surface area contributed by atoms with Crippen molar-refractivity contribution >= 4 is 28.6 Å². The number of nitrogens with one attached hydrogen (secondary N) is 2. The zero-order valence-electron chi connectivity index (χ0n) is 24.9. The van der Waals surface area contributed by atoms with E-state index in [1.54, 1.807) is 36.4 Å². The van der Waals surface area contributed by atoms with Crippen LogP contribution in [0.2, 0.25) is 0 Å². The number of benzene rings is 3. The molecule has 45 heavy (non-hydrogen) atoms. The van der Waals surface area contributed by atoms with Crippen LogP contribution in [0.4, 0.5) is 0 Å². The number of methoxy groups -OCH3 is 4. The van der Waals surface area contributed by atoms with Gasteiger partial charge in [-0.1, -0.05) is 0 Å². The summed E-state index contributed by atoms with van der Waals surface area (Å²) in [6.07, 6.45) is 1.50. The van der Waals surface area contributed by atoms with Gasteiger partial charge in [0, 0.05) is 28.9 Å². The number of hydrogen-bond donors (Lipinski definition) is 2. The maximum absolute atomic E-state index is 13.7. The number of ether oxygens (including phenoxy) is 7. The molecule has 2 N–H and O–H groups in total. The molecular weight excluding hydrogens is 584 g/mol. The maximum Gasteiger partial charge on any atom is 0.310 e. The molecule has 0 radical (unpaired) electrons. The number of carbonyl (C=O) groups excluding carboxylic acids is 3. The Balaban J connectivity index is 1.33. The van der Waals surface area contributed by atoms with Crippen LogP contribution in [-0.4, -0.2) is 64.5 Å². The lowest BCUT2D eigenvalue weighted by Crippen LogP contribution is -2.44. The minimum atomic E-state index is -0.823. The molecule has 1 aliphatic carbocycles. The monoisotopic (exact) mass is 614 g/mol. The van der Waals surface area contributed by atoms with Crippen molar-refractivity contribution in [3.05, 3.63) is 70.9 Å². The molecule has 4 aromatic rings. The summed E-state index contributed by atoms with van der Waals surface area (Å²) in [5.41, 5.74) is 2.99. The van der Waals surface area contributed by atoms with E-state index in [0.29, 0.717) is 62.1 Å². The van der Waals surface area contributed by atoms with Crippen LogP contribution < -0.4 is 33.7 Å². The number of fused-ring (bicyclic) bond motifs is 4. The van der Waals surface area contributed by atoms with Gasteiger partial charge in [-0.15, -0.1) is 0 Å². The molecule has 1 fully saturated rings. The highest BCUT2D eigenvalue weighted by atomic mass is 16.7. The third kappa shape index (κ3) is 4.47. The van der Waals surface area contributed by atoms with E-state index in [0.717, 1.165) is 0 Å². The lowest BCUT2D eigenvalue weighted by Gasteiger charge is -2.39. The van der Waals surface area contributed by atoms with Gasteiger partial charge in [-0.25, -0.2) is 0 Å². The number of carbonyl (C=O) groups is 3. The number of H-pyrrole nitrogens is 1. The van der Waals surface area contributed by atoms with Crippen LogP contribution in [0, 0.1) is 11.8 Å². The van der Waals surface area contributed by atoms with Crippen molar-refractivity contribution in [2.75, 3.05) is 41.8 Å². The van der Waals surface area contributed by atoms with E-state index in [4.69, 9.17) is 33.2 Å². The molecule has 0 unspecified atom stereocenters. The first kappa shape index (κ1) is 28.4. The van der Waals surface area contributed by atoms with Crippen molar-refractivity contribution < 1.29 is 47.5 Å². The van der Waals surface area contributed by atoms with Crippen molar-refractivity contribution in [2.45, 2.75) is 12.0 Å². The van der Waals surface area contributed by atoms with Gasteiger partial charge in [0.25, 0.3) is 11.7 Å². The van der Waals surface area contributed by atoms with Gasteiger partial charge in [0.15, 0.2) is 23.0 Å². The SMILES string of the molecule is COc1ccc2[nH]cc(C(=O)C(=O)N[C@H]3c4cc5c(cc4[C@H](c4cc(OC)c(OC)c(OC)c4)[C@@H]4C(=O)OC[C@H]43)OCO5)c2c1. The quantitative estimate of drug-likeness (QED) is 0.170. The lowest BCUT2D eigenvalue weighted by atomic mass is 9.65. The highest BCUT2D eigenvalue weighted by molar-refractivity contribution is 6.45. The third-order valence-corrected chi connectivity index (χ3v) is 8.86. The van der Waals surface area contributed by atoms with Gasteiger partial charge in [0.2, 0.25) is 12.5 Å². The average Bonchev–Trinajstić information content (AvgIpc) is 3.80. The van der Waals surface area contributed by atoms with Gasteiger partial charge < -0.3 is 43.5 Å². The number of hydrogen-bond acceptors (Lipinski definition) is 10. The predicted octanol–water partition coefficient (Wildman–Crippen LogP) is 3.91. The van der Waals surface area contributed by atoms with Gasteiger partial charge in [-0.05, 0) is 59.2 Å². The Hall–Kier alpha value is -5.39. The van der Waals surface area contributed by atoms with Crippen molar-refractivity contribution in [2.24, 2.45) is 11.8 Å². The highest BCUT2D eigenvalue weighted by Gasteiger charge is 2.53. The van der Waals surface area contributed by atoms with Crippen LogP contribution in [0.3, 0.4) is 0 Å². The van der Waals surface area contributed by atoms with Gasteiger partial charge in [-0.2, -0.15) is 0 Å². The first-order valence-corrected chi connectivity index (χ1v) is 14.3. The predicted molar refractivity (Wildman–Crippen MR) is 159 cm³/mol. The van der Waals surface area contributed by atoms with Crippen molar-refractivity contribution in [3.63, 3.8) is 0 Å². The molecule has 7 rings (SSSR count). The van der Waals surface area contributed by atoms with E-state index in [-0.39, 0.29) is 19.0 Å². The summed E-state index contributed by atoms with van der Waals surface area (Å²) in [4.78, 5) is 43.8. The Morgan fingerprint density at radius 3 is 2.24 bits per heavy atom. The molecule has 232 valence electrons. The first-order chi connectivity index (χ1) is 21.9. The Bertz CT molecular complexity index is 1840. The van der Waals surface area contributed by atoms with Crippen molar-refractivity contribution in [1.82, 2.24) is 10.3 Å². The molecule has 1 amide bonds. The topological polar surface area (TPSA) is 144 Å². The molecule has 12 nitrogen and oxygen atoms in total. The number of rotatable bonds is 8. The number of cyclic esters (lactones) is 1. The van der Waals surface area contributed by atoms with Crippen molar-refractivity contribution in [1.29, 1.82) is 0 Å². The molecule has 0 bridgehead atoms. The fraction of sp³-hybridized carbons (Fsp3) is 0.303. The number of aromatic nitrogens is 1. The van der Waals surface area contributed by atoms with E-state index in [9.17, 15) is 14.4 Å². The first-order valence-electron chi connectivity index (χ1n) is 14.3. The zero-order valence-corrected chi connectivity index (χ0v) is 24.9. The number of ketones is 1. The second-order valence-electron chi connectivity index (χ2n) is 11.0. The molecule has 0 saturated carbocycles. The van der Waals surface area contributed by atoms with Crippen LogP contribution >= 0.6 is 0 Å². The number of aromatic amines is 1. The van der Waals surface area contributed by atoms with E-state index in [2.05, 4.69) is 10.3 Å². The van der Waals surface area contributed by atoms with Crippen LogP contribution in [0.5, 0.6) is 34.5 Å². The third-order valence-electron chi connectivity index (χ3n) is 8.86. The summed E-state index contributed by atoms with van der Waals surface area (Å²) in [5.74, 6) is -0.910. The largest absolute Gasteiger partial charge is 0.497 e. The molecule has 2 aliphatic heterocycles. The van der Waals surface area contributed by atoms with Crippen molar-refractivity contribution in [3.8, 4) is 34.5 Å². The normalized spacial score (nSPS) is 21.0. The van der Waals surface area contributed by atoms with Gasteiger partial charge in [-0.3, -0.25) is 14.4 Å². The zero-order chi connectivity index (χ0) is 31.4. The van der Waals surface area contributed by atoms with Gasteiger partial charge in [0.05, 0.1) is 52.6 Å². The van der Waals surface area contributed by atoms with Gasteiger partial charge >= 0.3 is 5.97 Å². The van der Waals surface area contributed by atoms with E-state index in [1.165, 1.54) is 34.6 Å². The fourth-order valence-corrected chi connectivity index (χ4v) is 6.77. The van der Waals surface area contributed by atoms with E-state index in [1.807, 2.05) is 6.07 Å². The Labute approximate surface area is 257 Å². The molecule has 1 aromatic heterocycles. The molecule has 4 atom stereocenters.